The number of carboxylic acid groups (broad SMARTS) is 1. The van der Waals surface area contributed by atoms with Gasteiger partial charge in [-0.05, 0) is 12.1 Å². The fourth-order valence-corrected chi connectivity index (χ4v) is 0.845. The van der Waals surface area contributed by atoms with Gasteiger partial charge in [0.05, 0.1) is 5.56 Å². The minimum Gasteiger partial charge on any atom is -0.477 e. The molecule has 0 spiro atoms. The van der Waals surface area contributed by atoms with Crippen LogP contribution >= 0.6 is 0 Å². The third kappa shape index (κ3) is 1.65. The first kappa shape index (κ1) is 9.60. The van der Waals surface area contributed by atoms with Crippen LogP contribution in [-0.4, -0.2) is 16.2 Å². The Hall–Kier alpha value is -1.49. The molecular weight excluding hydrogens is 182 g/mol. The Kier molecular flexibility index (Phi) is 2.29. The van der Waals surface area contributed by atoms with E-state index < -0.39 is 23.2 Å². The highest BCUT2D eigenvalue weighted by Gasteiger charge is 2.40. The van der Waals surface area contributed by atoms with E-state index in [9.17, 15) is 13.6 Å². The van der Waals surface area contributed by atoms with Crippen molar-refractivity contribution in [3.05, 3.63) is 35.6 Å². The average Bonchev–Trinajstić information content (AvgIpc) is 2.04. The molecule has 0 amide bonds. The average molecular weight is 188 g/mol. The van der Waals surface area contributed by atoms with Crippen molar-refractivity contribution in [3.8, 4) is 0 Å². The first-order valence-electron chi connectivity index (χ1n) is 3.36. The number of carboxylic acids is 1. The molecule has 5 heteroatoms. The number of carbonyl (C=O) groups is 1. The van der Waals surface area contributed by atoms with Gasteiger partial charge in [-0.2, -0.15) is 4.39 Å². The van der Waals surface area contributed by atoms with Crippen molar-refractivity contribution in [2.45, 2.75) is 5.85 Å². The molecule has 1 aromatic rings. The van der Waals surface area contributed by atoms with Gasteiger partial charge in [-0.15, -0.1) is 0 Å². The van der Waals surface area contributed by atoms with Gasteiger partial charge in [-0.1, -0.05) is 12.1 Å². The summed E-state index contributed by atoms with van der Waals surface area (Å²) in [6.45, 7) is 0. The predicted molar refractivity (Wildman–Crippen MR) is 39.0 cm³/mol. The summed E-state index contributed by atoms with van der Waals surface area (Å²) < 4.78 is 25.7. The molecule has 0 bridgehead atoms. The summed E-state index contributed by atoms with van der Waals surface area (Å²) in [4.78, 5) is 10.2. The molecule has 0 radical (unpaired) electrons. The van der Waals surface area contributed by atoms with Gasteiger partial charge < -0.3 is 10.2 Å². The Morgan fingerprint density at radius 3 is 2.38 bits per heavy atom. The Morgan fingerprint density at radius 2 is 1.92 bits per heavy atom. The van der Waals surface area contributed by atoms with E-state index in [-0.39, 0.29) is 0 Å². The third-order valence-electron chi connectivity index (χ3n) is 1.51. The summed E-state index contributed by atoms with van der Waals surface area (Å²) in [6, 6.07) is 4.22. The Balaban J connectivity index is 3.22. The number of rotatable bonds is 2. The summed E-state index contributed by atoms with van der Waals surface area (Å²) in [6.07, 6.45) is 0. The predicted octanol–water partition coefficient (Wildman–Crippen LogP) is 1.02. The van der Waals surface area contributed by atoms with Crippen molar-refractivity contribution in [2.75, 3.05) is 0 Å². The minimum absolute atomic E-state index is 0.864. The fourth-order valence-electron chi connectivity index (χ4n) is 0.845. The molecule has 0 aliphatic carbocycles. The Bertz CT molecular complexity index is 336. The Morgan fingerprint density at radius 1 is 1.38 bits per heavy atom. The lowest BCUT2D eigenvalue weighted by Gasteiger charge is -2.13. The lowest BCUT2D eigenvalue weighted by atomic mass is 10.1. The van der Waals surface area contributed by atoms with Crippen LogP contribution in [0, 0.1) is 5.82 Å². The van der Waals surface area contributed by atoms with Crippen LogP contribution in [0.1, 0.15) is 5.56 Å². The van der Waals surface area contributed by atoms with E-state index in [1.807, 2.05) is 0 Å². The van der Waals surface area contributed by atoms with Crippen LogP contribution in [0.15, 0.2) is 24.3 Å². The maximum absolute atomic E-state index is 12.9. The molecular formula is C8H6F2O3. The van der Waals surface area contributed by atoms with Crippen LogP contribution in [-0.2, 0) is 10.6 Å². The molecule has 0 heterocycles. The number of hydrogen-bond donors (Lipinski definition) is 2. The molecule has 2 N–H and O–H groups in total. The molecule has 0 saturated carbocycles. The lowest BCUT2D eigenvalue weighted by molar-refractivity contribution is -0.183. The normalized spacial score (nSPS) is 15.0. The SMILES string of the molecule is O=C(O)C(O)(F)c1ccccc1F. The van der Waals surface area contributed by atoms with Gasteiger partial charge in [0.2, 0.25) is 0 Å². The van der Waals surface area contributed by atoms with Crippen molar-refractivity contribution in [1.29, 1.82) is 0 Å². The van der Waals surface area contributed by atoms with Crippen molar-refractivity contribution >= 4 is 5.97 Å². The highest BCUT2D eigenvalue weighted by atomic mass is 19.2. The highest BCUT2D eigenvalue weighted by molar-refractivity contribution is 5.77. The molecule has 1 atom stereocenters. The van der Waals surface area contributed by atoms with E-state index in [1.165, 1.54) is 12.1 Å². The van der Waals surface area contributed by atoms with E-state index in [1.54, 1.807) is 0 Å². The van der Waals surface area contributed by atoms with Crippen molar-refractivity contribution in [3.63, 3.8) is 0 Å². The van der Waals surface area contributed by atoms with Crippen LogP contribution in [0.2, 0.25) is 0 Å². The smallest absolute Gasteiger partial charge is 0.374 e. The minimum atomic E-state index is -3.68. The first-order chi connectivity index (χ1) is 5.96. The second-order valence-electron chi connectivity index (χ2n) is 2.41. The monoisotopic (exact) mass is 188 g/mol. The number of hydrogen-bond acceptors (Lipinski definition) is 2. The third-order valence-corrected chi connectivity index (χ3v) is 1.51. The van der Waals surface area contributed by atoms with Gasteiger partial charge in [-0.3, -0.25) is 0 Å². The summed E-state index contributed by atoms with van der Waals surface area (Å²) in [5.74, 6) is -6.92. The van der Waals surface area contributed by atoms with Crippen LogP contribution < -0.4 is 0 Å². The van der Waals surface area contributed by atoms with Crippen LogP contribution in [0.3, 0.4) is 0 Å². The molecule has 70 valence electrons. The number of alkyl halides is 1. The number of aliphatic hydroxyl groups is 1. The molecule has 3 nitrogen and oxygen atoms in total. The van der Waals surface area contributed by atoms with Crippen molar-refractivity contribution in [1.82, 2.24) is 0 Å². The van der Waals surface area contributed by atoms with Gasteiger partial charge in [0.25, 0.3) is 0 Å². The zero-order valence-corrected chi connectivity index (χ0v) is 6.37. The molecule has 0 aliphatic rings. The van der Waals surface area contributed by atoms with Gasteiger partial charge in [0.15, 0.2) is 0 Å². The largest absolute Gasteiger partial charge is 0.477 e. The van der Waals surface area contributed by atoms with Crippen LogP contribution in [0.25, 0.3) is 0 Å². The van der Waals surface area contributed by atoms with Crippen LogP contribution in [0.5, 0.6) is 0 Å². The van der Waals surface area contributed by atoms with Crippen LogP contribution in [0.4, 0.5) is 8.78 Å². The summed E-state index contributed by atoms with van der Waals surface area (Å²) in [5.41, 5.74) is -0.900. The van der Waals surface area contributed by atoms with E-state index in [0.29, 0.717) is 0 Å². The lowest BCUT2D eigenvalue weighted by Crippen LogP contribution is -2.31. The zero-order valence-electron chi connectivity index (χ0n) is 6.37. The summed E-state index contributed by atoms with van der Waals surface area (Å²) in [7, 11) is 0. The van der Waals surface area contributed by atoms with E-state index >= 15 is 0 Å². The second kappa shape index (κ2) is 3.10. The van der Waals surface area contributed by atoms with Gasteiger partial charge in [-0.25, -0.2) is 9.18 Å². The molecule has 1 rings (SSSR count). The molecule has 0 aromatic heterocycles. The molecule has 0 fully saturated rings. The standard InChI is InChI=1S/C8H6F2O3/c9-6-4-2-1-3-5(6)8(10,13)7(11)12/h1-4,13H,(H,11,12). The van der Waals surface area contributed by atoms with Crippen molar-refractivity contribution in [2.24, 2.45) is 0 Å². The first-order valence-corrected chi connectivity index (χ1v) is 3.36. The number of halogens is 2. The molecule has 0 saturated heterocycles. The quantitative estimate of drug-likeness (QED) is 0.728. The number of benzene rings is 1. The van der Waals surface area contributed by atoms with Gasteiger partial charge >= 0.3 is 11.8 Å². The molecule has 1 unspecified atom stereocenters. The Labute approximate surface area is 72.2 Å². The summed E-state index contributed by atoms with van der Waals surface area (Å²) in [5, 5.41) is 17.0. The number of aliphatic carboxylic acids is 1. The molecule has 1 aromatic carbocycles. The fraction of sp³-hybridized carbons (Fsp3) is 0.125. The molecule has 0 aliphatic heterocycles. The van der Waals surface area contributed by atoms with E-state index in [4.69, 9.17) is 10.2 Å². The molecule has 13 heavy (non-hydrogen) atoms. The van der Waals surface area contributed by atoms with E-state index in [2.05, 4.69) is 0 Å². The topological polar surface area (TPSA) is 57.5 Å². The highest BCUT2D eigenvalue weighted by Crippen LogP contribution is 2.25. The summed E-state index contributed by atoms with van der Waals surface area (Å²) >= 11 is 0. The van der Waals surface area contributed by atoms with Gasteiger partial charge in [0, 0.05) is 0 Å². The zero-order chi connectivity index (χ0) is 10.1. The van der Waals surface area contributed by atoms with E-state index in [0.717, 1.165) is 12.1 Å². The maximum atomic E-state index is 12.9. The maximum Gasteiger partial charge on any atom is 0.374 e. The second-order valence-corrected chi connectivity index (χ2v) is 2.41. The van der Waals surface area contributed by atoms with Crippen molar-refractivity contribution < 1.29 is 23.8 Å². The van der Waals surface area contributed by atoms with Gasteiger partial charge in [0.1, 0.15) is 5.82 Å².